The molecule has 0 amide bonds. The molecule has 0 rings (SSSR count). The monoisotopic (exact) mass is 157 g/mol. The Hall–Kier alpha value is -0.300. The fourth-order valence-electron chi connectivity index (χ4n) is 0.333. The minimum atomic E-state index is 0.773. The molecule has 68 valence electrons. The molecule has 0 aliphatic rings. The third-order valence-corrected chi connectivity index (χ3v) is 1.32. The Labute approximate surface area is 71.7 Å². The fraction of sp³-hybridized carbons (Fsp3) is 0.800. The smallest absolute Gasteiger partial charge is 0.00748 e. The third-order valence-electron chi connectivity index (χ3n) is 1.32. The molecule has 0 aliphatic carbocycles. The maximum Gasteiger partial charge on any atom is -0.00748 e. The Morgan fingerprint density at radius 1 is 1.36 bits per heavy atom. The van der Waals surface area contributed by atoms with Crippen molar-refractivity contribution in [3.8, 4) is 0 Å². The van der Waals surface area contributed by atoms with E-state index < -0.39 is 0 Å². The van der Waals surface area contributed by atoms with E-state index in [1.54, 1.807) is 0 Å². The van der Waals surface area contributed by atoms with E-state index in [9.17, 15) is 0 Å². The fourth-order valence-corrected chi connectivity index (χ4v) is 0.333. The summed E-state index contributed by atoms with van der Waals surface area (Å²) in [6.45, 7) is 11.4. The molecule has 1 heteroatoms. The highest BCUT2D eigenvalue weighted by Gasteiger charge is 1.85. The first-order chi connectivity index (χ1) is 5.04. The largest absolute Gasteiger partial charge is 0.330 e. The van der Waals surface area contributed by atoms with Crippen LogP contribution >= 0.6 is 0 Å². The summed E-state index contributed by atoms with van der Waals surface area (Å²) in [7, 11) is 0. The van der Waals surface area contributed by atoms with Crippen molar-refractivity contribution in [1.82, 2.24) is 0 Å². The molecule has 0 bridgehead atoms. The molecule has 0 aromatic heterocycles. The zero-order valence-electron chi connectivity index (χ0n) is 8.65. The molecule has 0 saturated carbocycles. The molecular formula is C10H23N. The molecular weight excluding hydrogens is 134 g/mol. The molecule has 0 aliphatic heterocycles. The molecule has 0 saturated heterocycles. The second-order valence-corrected chi connectivity index (χ2v) is 3.34. The molecule has 11 heavy (non-hydrogen) atoms. The van der Waals surface area contributed by atoms with Crippen molar-refractivity contribution in [2.45, 2.75) is 41.0 Å². The predicted molar refractivity (Wildman–Crippen MR) is 53.6 cm³/mol. The average molecular weight is 157 g/mol. The van der Waals surface area contributed by atoms with Crippen LogP contribution in [0.1, 0.15) is 41.0 Å². The number of nitrogens with two attached hydrogens (primary N) is 1. The van der Waals surface area contributed by atoms with Gasteiger partial charge in [-0.2, -0.15) is 0 Å². The highest BCUT2D eigenvalue weighted by Crippen LogP contribution is 1.93. The number of hydrogen-bond acceptors (Lipinski definition) is 1. The van der Waals surface area contributed by atoms with Gasteiger partial charge in [-0.15, -0.1) is 0 Å². The zero-order chi connectivity index (χ0) is 9.28. The van der Waals surface area contributed by atoms with Gasteiger partial charge in [-0.05, 0) is 39.7 Å². The van der Waals surface area contributed by atoms with E-state index in [1.807, 2.05) is 6.92 Å². The lowest BCUT2D eigenvalue weighted by Gasteiger charge is -1.96. The van der Waals surface area contributed by atoms with Crippen LogP contribution in [0.4, 0.5) is 0 Å². The topological polar surface area (TPSA) is 26.0 Å². The number of allylic oxidation sites excluding steroid dienone is 2. The first kappa shape index (κ1) is 13.3. The van der Waals surface area contributed by atoms with E-state index in [1.165, 1.54) is 5.57 Å². The van der Waals surface area contributed by atoms with Crippen LogP contribution in [0.3, 0.4) is 0 Å². The van der Waals surface area contributed by atoms with Gasteiger partial charge in [0.1, 0.15) is 0 Å². The molecule has 0 unspecified atom stereocenters. The Bertz CT molecular complexity index is 89.0. The van der Waals surface area contributed by atoms with Gasteiger partial charge >= 0.3 is 0 Å². The Morgan fingerprint density at radius 2 is 1.73 bits per heavy atom. The second-order valence-electron chi connectivity index (χ2n) is 3.34. The van der Waals surface area contributed by atoms with Crippen molar-refractivity contribution < 1.29 is 0 Å². The van der Waals surface area contributed by atoms with Crippen molar-refractivity contribution in [1.29, 1.82) is 0 Å². The summed E-state index contributed by atoms with van der Waals surface area (Å²) < 4.78 is 0. The lowest BCUT2D eigenvalue weighted by molar-refractivity contribution is 0.596. The highest BCUT2D eigenvalue weighted by molar-refractivity contribution is 4.88. The predicted octanol–water partition coefficient (Wildman–Crippen LogP) is 2.96. The third kappa shape index (κ3) is 26.0. The van der Waals surface area contributed by atoms with Crippen LogP contribution in [-0.4, -0.2) is 6.54 Å². The van der Waals surface area contributed by atoms with E-state index >= 15 is 0 Å². The van der Waals surface area contributed by atoms with Crippen molar-refractivity contribution in [2.24, 2.45) is 11.7 Å². The summed E-state index contributed by atoms with van der Waals surface area (Å²) in [6, 6.07) is 0. The molecule has 1 nitrogen and oxygen atoms in total. The standard InChI is InChI=1S/C5H13N.C5H10/c1-5(2)3-4-6;1-4-5(2)3/h5H,3-4,6H2,1-2H3;4H,1-3H3. The van der Waals surface area contributed by atoms with Gasteiger partial charge in [0.15, 0.2) is 0 Å². The van der Waals surface area contributed by atoms with Crippen LogP contribution < -0.4 is 5.73 Å². The molecule has 0 heterocycles. The van der Waals surface area contributed by atoms with Crippen molar-refractivity contribution in [3.63, 3.8) is 0 Å². The summed E-state index contributed by atoms with van der Waals surface area (Å²) in [5.74, 6) is 0.773. The van der Waals surface area contributed by atoms with Crippen LogP contribution in [0.2, 0.25) is 0 Å². The summed E-state index contributed by atoms with van der Waals surface area (Å²) in [5.41, 5.74) is 6.61. The first-order valence-corrected chi connectivity index (χ1v) is 4.34. The van der Waals surface area contributed by atoms with Crippen molar-refractivity contribution in [2.75, 3.05) is 6.54 Å². The van der Waals surface area contributed by atoms with Crippen LogP contribution in [0, 0.1) is 5.92 Å². The molecule has 0 spiro atoms. The maximum absolute atomic E-state index is 5.23. The van der Waals surface area contributed by atoms with Crippen LogP contribution in [0.15, 0.2) is 11.6 Å². The van der Waals surface area contributed by atoms with Gasteiger partial charge in [0.05, 0.1) is 0 Å². The van der Waals surface area contributed by atoms with Gasteiger partial charge in [0.25, 0.3) is 0 Å². The average Bonchev–Trinajstić information content (AvgIpc) is 1.89. The van der Waals surface area contributed by atoms with E-state index in [0.29, 0.717) is 0 Å². The minimum Gasteiger partial charge on any atom is -0.330 e. The minimum absolute atomic E-state index is 0.773. The summed E-state index contributed by atoms with van der Waals surface area (Å²) in [6.07, 6.45) is 3.24. The van der Waals surface area contributed by atoms with Crippen molar-refractivity contribution >= 4 is 0 Å². The van der Waals surface area contributed by atoms with Gasteiger partial charge in [-0.3, -0.25) is 0 Å². The molecule has 0 atom stereocenters. The lowest BCUT2D eigenvalue weighted by atomic mass is 10.1. The Kier molecular flexibility index (Phi) is 11.7. The highest BCUT2D eigenvalue weighted by atomic mass is 14.5. The Balaban J connectivity index is 0. The SMILES string of the molecule is CC(C)CCN.CC=C(C)C. The van der Waals surface area contributed by atoms with Crippen LogP contribution in [0.5, 0.6) is 0 Å². The maximum atomic E-state index is 5.23. The quantitative estimate of drug-likeness (QED) is 0.613. The lowest BCUT2D eigenvalue weighted by Crippen LogP contribution is -2.01. The van der Waals surface area contributed by atoms with Gasteiger partial charge in [0, 0.05) is 0 Å². The van der Waals surface area contributed by atoms with Gasteiger partial charge in [0.2, 0.25) is 0 Å². The van der Waals surface area contributed by atoms with Gasteiger partial charge < -0.3 is 5.73 Å². The van der Waals surface area contributed by atoms with E-state index in [0.717, 1.165) is 18.9 Å². The van der Waals surface area contributed by atoms with Crippen LogP contribution in [-0.2, 0) is 0 Å². The van der Waals surface area contributed by atoms with E-state index in [4.69, 9.17) is 5.73 Å². The summed E-state index contributed by atoms with van der Waals surface area (Å²) >= 11 is 0. The molecule has 0 aromatic carbocycles. The van der Waals surface area contributed by atoms with Gasteiger partial charge in [-0.25, -0.2) is 0 Å². The normalized spacial score (nSPS) is 8.64. The Morgan fingerprint density at radius 3 is 1.73 bits per heavy atom. The van der Waals surface area contributed by atoms with E-state index in [2.05, 4.69) is 33.8 Å². The van der Waals surface area contributed by atoms with Gasteiger partial charge in [-0.1, -0.05) is 25.5 Å². The van der Waals surface area contributed by atoms with Crippen molar-refractivity contribution in [3.05, 3.63) is 11.6 Å². The molecule has 0 aromatic rings. The van der Waals surface area contributed by atoms with Crippen LogP contribution in [0.25, 0.3) is 0 Å². The molecule has 0 fully saturated rings. The molecule has 2 N–H and O–H groups in total. The first-order valence-electron chi connectivity index (χ1n) is 4.34. The second kappa shape index (κ2) is 9.70. The number of hydrogen-bond donors (Lipinski definition) is 1. The summed E-state index contributed by atoms with van der Waals surface area (Å²) in [5, 5.41) is 0. The zero-order valence-corrected chi connectivity index (χ0v) is 8.65. The van der Waals surface area contributed by atoms with E-state index in [-0.39, 0.29) is 0 Å². The molecule has 0 radical (unpaired) electrons. The summed E-state index contributed by atoms with van der Waals surface area (Å²) in [4.78, 5) is 0. The number of rotatable bonds is 2.